The van der Waals surface area contributed by atoms with E-state index in [0.29, 0.717) is 4.43 Å². The fraction of sp³-hybridized carbons (Fsp3) is 0.600. The Balaban J connectivity index is 3.54. The molecule has 5 nitrogen and oxygen atoms in total. The second kappa shape index (κ2) is 5.30. The maximum absolute atomic E-state index is 10.6. The molecule has 0 radical (unpaired) electrons. The third-order valence-corrected chi connectivity index (χ3v) is 1.65. The van der Waals surface area contributed by atoms with E-state index in [1.54, 1.807) is 0 Å². The number of rotatable bonds is 4. The van der Waals surface area contributed by atoms with E-state index in [1.807, 2.05) is 22.6 Å². The summed E-state index contributed by atoms with van der Waals surface area (Å²) in [5, 5.41) is 10.7. The zero-order valence-electron chi connectivity index (χ0n) is 5.71. The first-order valence-corrected chi connectivity index (χ1v) is 4.41. The van der Waals surface area contributed by atoms with Crippen LogP contribution in [0.25, 0.3) is 0 Å². The van der Waals surface area contributed by atoms with Crippen LogP contribution in [-0.4, -0.2) is 34.0 Å². The average Bonchev–Trinajstić information content (AvgIpc) is 1.99. The quantitative estimate of drug-likeness (QED) is 0.449. The van der Waals surface area contributed by atoms with Gasteiger partial charge in [0, 0.05) is 6.54 Å². The second-order valence-corrected chi connectivity index (χ2v) is 2.65. The van der Waals surface area contributed by atoms with Gasteiger partial charge in [0.15, 0.2) is 0 Å². The molecule has 0 spiro atoms. The summed E-state index contributed by atoms with van der Waals surface area (Å²) in [5.74, 6) is -1.32. The SMILES string of the molecule is NC(CNC(=O)CI)C(=O)O. The highest BCUT2D eigenvalue weighted by Crippen LogP contribution is 1.80. The molecule has 0 aromatic carbocycles. The van der Waals surface area contributed by atoms with E-state index in [-0.39, 0.29) is 12.5 Å². The summed E-state index contributed by atoms with van der Waals surface area (Å²) in [4.78, 5) is 20.7. The van der Waals surface area contributed by atoms with E-state index in [0.717, 1.165) is 0 Å². The Labute approximate surface area is 77.5 Å². The number of nitrogens with two attached hydrogens (primary N) is 1. The minimum absolute atomic E-state index is 0.0167. The van der Waals surface area contributed by atoms with Gasteiger partial charge in [-0.1, -0.05) is 22.6 Å². The van der Waals surface area contributed by atoms with Gasteiger partial charge in [-0.3, -0.25) is 9.59 Å². The van der Waals surface area contributed by atoms with Crippen molar-refractivity contribution in [3.8, 4) is 0 Å². The van der Waals surface area contributed by atoms with Crippen LogP contribution in [0.4, 0.5) is 0 Å². The fourth-order valence-corrected chi connectivity index (χ4v) is 0.628. The molecule has 0 rings (SSSR count). The molecule has 0 aliphatic carbocycles. The third-order valence-electron chi connectivity index (χ3n) is 0.958. The molecule has 0 aromatic rings. The third kappa shape index (κ3) is 4.96. The molecule has 0 bridgehead atoms. The van der Waals surface area contributed by atoms with Crippen LogP contribution in [0.15, 0.2) is 0 Å². The Morgan fingerprint density at radius 3 is 2.55 bits per heavy atom. The smallest absolute Gasteiger partial charge is 0.322 e. The summed E-state index contributed by atoms with van der Waals surface area (Å²) in [6.07, 6.45) is 0. The van der Waals surface area contributed by atoms with E-state index in [2.05, 4.69) is 5.32 Å². The summed E-state index contributed by atoms with van der Waals surface area (Å²) in [7, 11) is 0. The number of hydrogen-bond donors (Lipinski definition) is 3. The lowest BCUT2D eigenvalue weighted by Gasteiger charge is -2.06. The largest absolute Gasteiger partial charge is 0.480 e. The summed E-state index contributed by atoms with van der Waals surface area (Å²) in [6.45, 7) is -0.0167. The first kappa shape index (κ1) is 10.6. The molecule has 0 heterocycles. The normalized spacial score (nSPS) is 12.2. The standard InChI is InChI=1S/C5H9IN2O3/c6-1-4(9)8-2-3(7)5(10)11/h3H,1-2,7H2,(H,8,9)(H,10,11). The molecule has 64 valence electrons. The highest BCUT2D eigenvalue weighted by Gasteiger charge is 2.11. The molecule has 0 aliphatic rings. The maximum atomic E-state index is 10.6. The monoisotopic (exact) mass is 272 g/mol. The molecular weight excluding hydrogens is 263 g/mol. The number of carbonyl (C=O) groups excluding carboxylic acids is 1. The van der Waals surface area contributed by atoms with Crippen molar-refractivity contribution in [2.24, 2.45) is 5.73 Å². The number of carboxylic acids is 1. The van der Waals surface area contributed by atoms with Gasteiger partial charge in [-0.25, -0.2) is 0 Å². The number of carboxylic acid groups (broad SMARTS) is 1. The lowest BCUT2D eigenvalue weighted by atomic mass is 10.3. The van der Waals surface area contributed by atoms with Crippen LogP contribution in [0.3, 0.4) is 0 Å². The van der Waals surface area contributed by atoms with Crippen LogP contribution in [0, 0.1) is 0 Å². The van der Waals surface area contributed by atoms with Crippen molar-refractivity contribution in [2.75, 3.05) is 11.0 Å². The molecule has 0 fully saturated rings. The van der Waals surface area contributed by atoms with E-state index < -0.39 is 12.0 Å². The van der Waals surface area contributed by atoms with Crippen molar-refractivity contribution in [2.45, 2.75) is 6.04 Å². The molecule has 1 atom stereocenters. The van der Waals surface area contributed by atoms with Gasteiger partial charge >= 0.3 is 5.97 Å². The Bertz CT molecular complexity index is 162. The maximum Gasteiger partial charge on any atom is 0.322 e. The van der Waals surface area contributed by atoms with Crippen LogP contribution >= 0.6 is 22.6 Å². The molecular formula is C5H9IN2O3. The molecule has 0 saturated carbocycles. The molecule has 1 unspecified atom stereocenters. The van der Waals surface area contributed by atoms with Gasteiger partial charge < -0.3 is 16.2 Å². The zero-order valence-corrected chi connectivity index (χ0v) is 7.87. The number of aliphatic carboxylic acids is 1. The Morgan fingerprint density at radius 1 is 1.64 bits per heavy atom. The minimum atomic E-state index is -1.11. The first-order valence-electron chi connectivity index (χ1n) is 2.89. The summed E-state index contributed by atoms with van der Waals surface area (Å²) in [6, 6.07) is -1.01. The Kier molecular flexibility index (Phi) is 5.12. The van der Waals surface area contributed by atoms with Gasteiger partial charge in [-0.15, -0.1) is 0 Å². The molecule has 0 aliphatic heterocycles. The van der Waals surface area contributed by atoms with Gasteiger partial charge in [-0.2, -0.15) is 0 Å². The Morgan fingerprint density at radius 2 is 2.18 bits per heavy atom. The van der Waals surface area contributed by atoms with Crippen molar-refractivity contribution < 1.29 is 14.7 Å². The van der Waals surface area contributed by atoms with Crippen LogP contribution in [0.5, 0.6) is 0 Å². The van der Waals surface area contributed by atoms with Crippen molar-refractivity contribution in [3.63, 3.8) is 0 Å². The van der Waals surface area contributed by atoms with E-state index in [9.17, 15) is 9.59 Å². The molecule has 0 aromatic heterocycles. The van der Waals surface area contributed by atoms with Crippen LogP contribution in [0.1, 0.15) is 0 Å². The predicted octanol–water partition coefficient (Wildman–Crippen LogP) is -1.05. The highest BCUT2D eigenvalue weighted by molar-refractivity contribution is 14.1. The summed E-state index contributed by atoms with van der Waals surface area (Å²) < 4.78 is 0.310. The lowest BCUT2D eigenvalue weighted by molar-refractivity contribution is -0.138. The fourth-order valence-electron chi connectivity index (χ4n) is 0.358. The average molecular weight is 272 g/mol. The number of nitrogens with one attached hydrogen (secondary N) is 1. The zero-order chi connectivity index (χ0) is 8.85. The van der Waals surface area contributed by atoms with Crippen LogP contribution in [-0.2, 0) is 9.59 Å². The molecule has 11 heavy (non-hydrogen) atoms. The van der Waals surface area contributed by atoms with Crippen molar-refractivity contribution >= 4 is 34.5 Å². The second-order valence-electron chi connectivity index (χ2n) is 1.88. The van der Waals surface area contributed by atoms with Crippen molar-refractivity contribution in [1.82, 2.24) is 5.32 Å². The predicted molar refractivity (Wildman–Crippen MR) is 47.5 cm³/mol. The molecule has 6 heteroatoms. The molecule has 0 saturated heterocycles. The van der Waals surface area contributed by atoms with E-state index >= 15 is 0 Å². The summed E-state index contributed by atoms with van der Waals surface area (Å²) in [5.41, 5.74) is 5.10. The van der Waals surface area contributed by atoms with Crippen molar-refractivity contribution in [1.29, 1.82) is 0 Å². The molecule has 1 amide bonds. The van der Waals surface area contributed by atoms with Crippen LogP contribution < -0.4 is 11.1 Å². The number of amides is 1. The number of alkyl halides is 1. The topological polar surface area (TPSA) is 92.4 Å². The number of halogens is 1. The molecule has 4 N–H and O–H groups in total. The minimum Gasteiger partial charge on any atom is -0.480 e. The van der Waals surface area contributed by atoms with Crippen molar-refractivity contribution in [3.05, 3.63) is 0 Å². The van der Waals surface area contributed by atoms with Gasteiger partial charge in [0.2, 0.25) is 5.91 Å². The van der Waals surface area contributed by atoms with E-state index in [1.165, 1.54) is 0 Å². The number of carbonyl (C=O) groups is 2. The summed E-state index contributed by atoms with van der Waals surface area (Å²) >= 11 is 1.88. The lowest BCUT2D eigenvalue weighted by Crippen LogP contribution is -2.42. The van der Waals surface area contributed by atoms with Gasteiger partial charge in [-0.05, 0) is 0 Å². The first-order chi connectivity index (χ1) is 5.07. The van der Waals surface area contributed by atoms with Crippen LogP contribution in [0.2, 0.25) is 0 Å². The highest BCUT2D eigenvalue weighted by atomic mass is 127. The van der Waals surface area contributed by atoms with Gasteiger partial charge in [0.05, 0.1) is 4.43 Å². The van der Waals surface area contributed by atoms with Gasteiger partial charge in [0.1, 0.15) is 6.04 Å². The van der Waals surface area contributed by atoms with Gasteiger partial charge in [0.25, 0.3) is 0 Å². The van der Waals surface area contributed by atoms with E-state index in [4.69, 9.17) is 10.8 Å². The number of hydrogen-bond acceptors (Lipinski definition) is 3. The Hall–Kier alpha value is -0.370.